The molecule has 2 rings (SSSR count). The molecule has 1 aromatic carbocycles. The van der Waals surface area contributed by atoms with E-state index in [-0.39, 0.29) is 18.1 Å². The summed E-state index contributed by atoms with van der Waals surface area (Å²) in [5, 5.41) is 5.78. The predicted molar refractivity (Wildman–Crippen MR) is 61.0 cm³/mol. The van der Waals surface area contributed by atoms with E-state index in [0.717, 1.165) is 12.1 Å². The first kappa shape index (κ1) is 12.9. The fourth-order valence-electron chi connectivity index (χ4n) is 1.43. The number of aromatic nitrogens is 2. The number of hydrogen-bond donors (Lipinski definition) is 2. The molecule has 1 amide bonds. The summed E-state index contributed by atoms with van der Waals surface area (Å²) < 4.78 is 31.7. The molecule has 1 aromatic heterocycles. The van der Waals surface area contributed by atoms with Crippen molar-refractivity contribution in [3.63, 3.8) is 0 Å². The van der Waals surface area contributed by atoms with Gasteiger partial charge in [0.25, 0.3) is 5.91 Å². The molecule has 0 spiro atoms. The zero-order valence-electron chi connectivity index (χ0n) is 9.91. The van der Waals surface area contributed by atoms with E-state index in [1.807, 2.05) is 0 Å². The van der Waals surface area contributed by atoms with Gasteiger partial charge in [-0.3, -0.25) is 4.79 Å². The van der Waals surface area contributed by atoms with Crippen LogP contribution in [0.25, 0.3) is 0 Å². The number of nitrogens with zero attached hydrogens (tertiary/aromatic N) is 2. The van der Waals surface area contributed by atoms with Crippen LogP contribution in [0, 0.1) is 18.6 Å². The van der Waals surface area contributed by atoms with Crippen LogP contribution in [-0.2, 0) is 6.54 Å². The molecule has 2 aromatic rings. The van der Waals surface area contributed by atoms with Gasteiger partial charge in [0.05, 0.1) is 12.2 Å². The van der Waals surface area contributed by atoms with Crippen LogP contribution >= 0.6 is 0 Å². The van der Waals surface area contributed by atoms with E-state index in [2.05, 4.69) is 15.5 Å². The highest BCUT2D eigenvalue weighted by Crippen LogP contribution is 2.18. The lowest BCUT2D eigenvalue weighted by molar-refractivity contribution is 0.0938. The SMILES string of the molecule is Cc1noc(CNC(=O)c2c(F)ccc(N)c2F)n1. The molecule has 3 N–H and O–H groups in total. The summed E-state index contributed by atoms with van der Waals surface area (Å²) in [6.07, 6.45) is 0. The maximum absolute atomic E-state index is 13.6. The molecule has 0 fully saturated rings. The minimum Gasteiger partial charge on any atom is -0.396 e. The summed E-state index contributed by atoms with van der Waals surface area (Å²) in [5.41, 5.74) is 4.23. The van der Waals surface area contributed by atoms with Crippen LogP contribution in [0.3, 0.4) is 0 Å². The third-order valence-corrected chi connectivity index (χ3v) is 2.32. The largest absolute Gasteiger partial charge is 0.396 e. The Morgan fingerprint density at radius 3 is 2.84 bits per heavy atom. The summed E-state index contributed by atoms with van der Waals surface area (Å²) in [4.78, 5) is 15.5. The van der Waals surface area contributed by atoms with Crippen molar-refractivity contribution in [1.82, 2.24) is 15.5 Å². The standard InChI is InChI=1S/C11H10F2N4O2/c1-5-16-8(19-17-5)4-15-11(18)9-6(12)2-3-7(14)10(9)13/h2-3H,4,14H2,1H3,(H,15,18). The maximum atomic E-state index is 13.6. The first-order chi connectivity index (χ1) is 8.99. The Kier molecular flexibility index (Phi) is 3.41. The lowest BCUT2D eigenvalue weighted by atomic mass is 10.1. The predicted octanol–water partition coefficient (Wildman–Crippen LogP) is 1.17. The van der Waals surface area contributed by atoms with E-state index in [1.165, 1.54) is 0 Å². The molecule has 0 aliphatic heterocycles. The van der Waals surface area contributed by atoms with Gasteiger partial charge in [0.15, 0.2) is 11.6 Å². The number of amides is 1. The lowest BCUT2D eigenvalue weighted by Gasteiger charge is -2.06. The smallest absolute Gasteiger partial charge is 0.257 e. The Bertz CT molecular complexity index is 627. The molecule has 0 saturated carbocycles. The van der Waals surface area contributed by atoms with Gasteiger partial charge in [-0.15, -0.1) is 0 Å². The average Bonchev–Trinajstić information content (AvgIpc) is 2.78. The number of carbonyl (C=O) groups is 1. The minimum absolute atomic E-state index is 0.132. The van der Waals surface area contributed by atoms with Crippen molar-refractivity contribution >= 4 is 11.6 Å². The fraction of sp³-hybridized carbons (Fsp3) is 0.182. The van der Waals surface area contributed by atoms with E-state index in [9.17, 15) is 13.6 Å². The lowest BCUT2D eigenvalue weighted by Crippen LogP contribution is -2.25. The molecule has 6 nitrogen and oxygen atoms in total. The van der Waals surface area contributed by atoms with Crippen molar-refractivity contribution in [2.45, 2.75) is 13.5 Å². The number of hydrogen-bond acceptors (Lipinski definition) is 5. The van der Waals surface area contributed by atoms with E-state index in [0.29, 0.717) is 5.82 Å². The van der Waals surface area contributed by atoms with Crippen molar-refractivity contribution in [3.05, 3.63) is 41.0 Å². The van der Waals surface area contributed by atoms with Gasteiger partial charge in [0.2, 0.25) is 5.89 Å². The van der Waals surface area contributed by atoms with Crippen LogP contribution < -0.4 is 11.1 Å². The van der Waals surface area contributed by atoms with Crippen LogP contribution in [-0.4, -0.2) is 16.0 Å². The second-order valence-corrected chi connectivity index (χ2v) is 3.74. The van der Waals surface area contributed by atoms with Gasteiger partial charge >= 0.3 is 0 Å². The number of nitrogen functional groups attached to an aromatic ring is 1. The Morgan fingerprint density at radius 2 is 2.21 bits per heavy atom. The number of nitrogens with one attached hydrogen (secondary N) is 1. The average molecular weight is 268 g/mol. The maximum Gasteiger partial charge on any atom is 0.257 e. The van der Waals surface area contributed by atoms with Crippen molar-refractivity contribution in [3.8, 4) is 0 Å². The third kappa shape index (κ3) is 2.67. The zero-order chi connectivity index (χ0) is 14.0. The number of halogens is 2. The van der Waals surface area contributed by atoms with Crippen molar-refractivity contribution in [1.29, 1.82) is 0 Å². The van der Waals surface area contributed by atoms with E-state index < -0.39 is 23.1 Å². The monoisotopic (exact) mass is 268 g/mol. The van der Waals surface area contributed by atoms with Gasteiger partial charge in [-0.1, -0.05) is 5.16 Å². The molecule has 0 aliphatic carbocycles. The van der Waals surface area contributed by atoms with Gasteiger partial charge in [-0.05, 0) is 19.1 Å². The second kappa shape index (κ2) is 5.01. The van der Waals surface area contributed by atoms with Crippen LogP contribution in [0.2, 0.25) is 0 Å². The van der Waals surface area contributed by atoms with Crippen LogP contribution in [0.5, 0.6) is 0 Å². The Morgan fingerprint density at radius 1 is 1.47 bits per heavy atom. The second-order valence-electron chi connectivity index (χ2n) is 3.74. The third-order valence-electron chi connectivity index (χ3n) is 2.32. The van der Waals surface area contributed by atoms with E-state index in [4.69, 9.17) is 10.3 Å². The molecular weight excluding hydrogens is 258 g/mol. The highest BCUT2D eigenvalue weighted by atomic mass is 19.1. The molecule has 8 heteroatoms. The van der Waals surface area contributed by atoms with Gasteiger partial charge < -0.3 is 15.6 Å². The number of carbonyl (C=O) groups excluding carboxylic acids is 1. The van der Waals surface area contributed by atoms with Gasteiger partial charge in [-0.25, -0.2) is 8.78 Å². The van der Waals surface area contributed by atoms with Crippen molar-refractivity contribution < 1.29 is 18.1 Å². The molecule has 0 aliphatic rings. The van der Waals surface area contributed by atoms with Crippen molar-refractivity contribution in [2.75, 3.05) is 5.73 Å². The number of benzene rings is 1. The molecule has 19 heavy (non-hydrogen) atoms. The summed E-state index contributed by atoms with van der Waals surface area (Å²) in [7, 11) is 0. The number of anilines is 1. The van der Waals surface area contributed by atoms with Crippen LogP contribution in [0.15, 0.2) is 16.7 Å². The fourth-order valence-corrected chi connectivity index (χ4v) is 1.43. The molecule has 0 unspecified atom stereocenters. The van der Waals surface area contributed by atoms with Crippen molar-refractivity contribution in [2.24, 2.45) is 0 Å². The van der Waals surface area contributed by atoms with Crippen LogP contribution in [0.1, 0.15) is 22.1 Å². The first-order valence-electron chi connectivity index (χ1n) is 5.30. The first-order valence-corrected chi connectivity index (χ1v) is 5.30. The number of rotatable bonds is 3. The quantitative estimate of drug-likeness (QED) is 0.815. The molecule has 100 valence electrons. The number of aryl methyl sites for hydroxylation is 1. The Balaban J connectivity index is 2.14. The van der Waals surface area contributed by atoms with E-state index >= 15 is 0 Å². The zero-order valence-corrected chi connectivity index (χ0v) is 9.91. The summed E-state index contributed by atoms with van der Waals surface area (Å²) >= 11 is 0. The molecule has 1 heterocycles. The highest BCUT2D eigenvalue weighted by Gasteiger charge is 2.19. The van der Waals surface area contributed by atoms with E-state index in [1.54, 1.807) is 6.92 Å². The summed E-state index contributed by atoms with van der Waals surface area (Å²) in [5.74, 6) is -2.51. The Labute approximate surface area is 106 Å². The normalized spacial score (nSPS) is 10.5. The molecule has 0 bridgehead atoms. The van der Waals surface area contributed by atoms with Gasteiger partial charge in [0, 0.05) is 0 Å². The molecular formula is C11H10F2N4O2. The summed E-state index contributed by atoms with van der Waals surface area (Å²) in [6, 6.07) is 1.97. The number of nitrogens with two attached hydrogens (primary N) is 1. The van der Waals surface area contributed by atoms with Crippen LogP contribution in [0.4, 0.5) is 14.5 Å². The minimum atomic E-state index is -1.10. The van der Waals surface area contributed by atoms with Gasteiger partial charge in [0.1, 0.15) is 11.4 Å². The highest BCUT2D eigenvalue weighted by molar-refractivity contribution is 5.95. The molecule has 0 saturated heterocycles. The summed E-state index contributed by atoms with van der Waals surface area (Å²) in [6.45, 7) is 1.47. The Hall–Kier alpha value is -2.51. The topological polar surface area (TPSA) is 94.0 Å². The molecule has 0 atom stereocenters. The molecule has 0 radical (unpaired) electrons. The van der Waals surface area contributed by atoms with Gasteiger partial charge in [-0.2, -0.15) is 4.98 Å².